The van der Waals surface area contributed by atoms with Crippen molar-refractivity contribution >= 4 is 17.6 Å². The molecule has 0 saturated carbocycles. The Labute approximate surface area is 138 Å². The maximum absolute atomic E-state index is 11.6. The van der Waals surface area contributed by atoms with E-state index in [0.29, 0.717) is 28.6 Å². The number of nitrogens with zero attached hydrogens (tertiary/aromatic N) is 2. The lowest BCUT2D eigenvalue weighted by atomic mass is 10.2. The second-order valence-electron chi connectivity index (χ2n) is 5.35. The first kappa shape index (κ1) is 15.8. The number of para-hydroxylation sites is 1. The van der Waals surface area contributed by atoms with Crippen molar-refractivity contribution in [2.75, 3.05) is 20.2 Å². The summed E-state index contributed by atoms with van der Waals surface area (Å²) in [5.41, 5.74) is 0.364. The standard InChI is InChI=1S/C16H17ClN2O4/c1-21-16(20)12-8-18-23-15(12)10-19-7-6-11(9-19)22-14-5-3-2-4-13(14)17/h2-5,8,11H,6-7,9-10H2,1H3/t11-/m0/s1. The van der Waals surface area contributed by atoms with Gasteiger partial charge in [-0.3, -0.25) is 4.90 Å². The van der Waals surface area contributed by atoms with Gasteiger partial charge in [-0.15, -0.1) is 0 Å². The number of carbonyl (C=O) groups is 1. The molecule has 0 amide bonds. The molecule has 0 radical (unpaired) electrons. The van der Waals surface area contributed by atoms with E-state index in [4.69, 9.17) is 25.6 Å². The first-order chi connectivity index (χ1) is 11.2. The molecule has 6 nitrogen and oxygen atoms in total. The summed E-state index contributed by atoms with van der Waals surface area (Å²) in [6.45, 7) is 2.07. The maximum atomic E-state index is 11.6. The second-order valence-corrected chi connectivity index (χ2v) is 5.76. The number of likely N-dealkylation sites (tertiary alicyclic amines) is 1. The number of esters is 1. The zero-order valence-corrected chi connectivity index (χ0v) is 13.5. The molecular weight excluding hydrogens is 320 g/mol. The highest BCUT2D eigenvalue weighted by Crippen LogP contribution is 2.27. The Bertz CT molecular complexity index is 688. The number of hydrogen-bond acceptors (Lipinski definition) is 6. The molecule has 1 atom stereocenters. The van der Waals surface area contributed by atoms with E-state index in [-0.39, 0.29) is 6.10 Å². The van der Waals surface area contributed by atoms with E-state index in [9.17, 15) is 4.79 Å². The summed E-state index contributed by atoms with van der Waals surface area (Å²) in [7, 11) is 1.34. The number of ether oxygens (including phenoxy) is 2. The van der Waals surface area contributed by atoms with Gasteiger partial charge in [-0.1, -0.05) is 28.9 Å². The molecule has 1 saturated heterocycles. The minimum Gasteiger partial charge on any atom is -0.487 e. The Morgan fingerprint density at radius 2 is 2.30 bits per heavy atom. The quantitative estimate of drug-likeness (QED) is 0.782. The van der Waals surface area contributed by atoms with Crippen LogP contribution in [0, 0.1) is 0 Å². The van der Waals surface area contributed by atoms with E-state index >= 15 is 0 Å². The van der Waals surface area contributed by atoms with Crippen LogP contribution in [0.3, 0.4) is 0 Å². The lowest BCUT2D eigenvalue weighted by Gasteiger charge is -2.16. The average Bonchev–Trinajstić information content (AvgIpc) is 3.19. The van der Waals surface area contributed by atoms with E-state index in [1.54, 1.807) is 6.07 Å². The van der Waals surface area contributed by atoms with Gasteiger partial charge in [0.05, 0.1) is 24.9 Å². The van der Waals surface area contributed by atoms with Gasteiger partial charge in [0, 0.05) is 13.1 Å². The summed E-state index contributed by atoms with van der Waals surface area (Å²) in [5, 5.41) is 4.29. The lowest BCUT2D eigenvalue weighted by molar-refractivity contribution is 0.0596. The first-order valence-electron chi connectivity index (χ1n) is 7.32. The number of benzene rings is 1. The predicted octanol–water partition coefficient (Wildman–Crippen LogP) is 2.77. The van der Waals surface area contributed by atoms with Crippen LogP contribution in [-0.2, 0) is 11.3 Å². The number of rotatable bonds is 5. The van der Waals surface area contributed by atoms with Crippen LogP contribution in [0.4, 0.5) is 0 Å². The van der Waals surface area contributed by atoms with Crippen LogP contribution in [0.1, 0.15) is 22.5 Å². The van der Waals surface area contributed by atoms with Gasteiger partial charge in [0.1, 0.15) is 17.4 Å². The van der Waals surface area contributed by atoms with Gasteiger partial charge in [0.15, 0.2) is 5.76 Å². The van der Waals surface area contributed by atoms with Crippen LogP contribution >= 0.6 is 11.6 Å². The van der Waals surface area contributed by atoms with Gasteiger partial charge < -0.3 is 14.0 Å². The van der Waals surface area contributed by atoms with Crippen molar-refractivity contribution in [2.45, 2.75) is 19.1 Å². The normalized spacial score (nSPS) is 18.1. The minimum atomic E-state index is -0.440. The summed E-state index contributed by atoms with van der Waals surface area (Å²) in [4.78, 5) is 13.8. The third kappa shape index (κ3) is 3.65. The van der Waals surface area contributed by atoms with Gasteiger partial charge in [0.25, 0.3) is 0 Å². The number of carbonyl (C=O) groups excluding carboxylic acids is 1. The molecule has 1 aliphatic rings. The molecular formula is C16H17ClN2O4. The molecule has 2 aromatic rings. The van der Waals surface area contributed by atoms with Crippen molar-refractivity contribution in [1.82, 2.24) is 10.1 Å². The zero-order valence-electron chi connectivity index (χ0n) is 12.7. The molecule has 1 aromatic carbocycles. The molecule has 0 aliphatic carbocycles. The Kier molecular flexibility index (Phi) is 4.83. The molecule has 3 rings (SSSR count). The summed E-state index contributed by atoms with van der Waals surface area (Å²) in [6.07, 6.45) is 2.32. The second kappa shape index (κ2) is 7.02. The van der Waals surface area contributed by atoms with Crippen LogP contribution in [0.2, 0.25) is 5.02 Å². The molecule has 1 aliphatic heterocycles. The Morgan fingerprint density at radius 1 is 1.48 bits per heavy atom. The van der Waals surface area contributed by atoms with E-state index < -0.39 is 5.97 Å². The highest BCUT2D eigenvalue weighted by atomic mass is 35.5. The van der Waals surface area contributed by atoms with Crippen molar-refractivity contribution < 1.29 is 18.8 Å². The van der Waals surface area contributed by atoms with Gasteiger partial charge in [0.2, 0.25) is 0 Å². The molecule has 7 heteroatoms. The number of hydrogen-bond donors (Lipinski definition) is 0. The third-order valence-electron chi connectivity index (χ3n) is 3.78. The molecule has 0 unspecified atom stereocenters. The van der Waals surface area contributed by atoms with Crippen LogP contribution < -0.4 is 4.74 Å². The molecule has 0 bridgehead atoms. The Hall–Kier alpha value is -2.05. The lowest BCUT2D eigenvalue weighted by Crippen LogP contribution is -2.25. The van der Waals surface area contributed by atoms with Crippen LogP contribution in [-0.4, -0.2) is 42.3 Å². The van der Waals surface area contributed by atoms with Crippen LogP contribution in [0.5, 0.6) is 5.75 Å². The number of methoxy groups -OCH3 is 1. The fourth-order valence-corrected chi connectivity index (χ4v) is 2.79. The van der Waals surface area contributed by atoms with Crippen molar-refractivity contribution in [3.63, 3.8) is 0 Å². The number of aromatic nitrogens is 1. The topological polar surface area (TPSA) is 64.8 Å². The molecule has 2 heterocycles. The van der Waals surface area contributed by atoms with Crippen molar-refractivity contribution in [2.24, 2.45) is 0 Å². The Balaban J connectivity index is 1.59. The van der Waals surface area contributed by atoms with E-state index in [2.05, 4.69) is 10.1 Å². The van der Waals surface area contributed by atoms with Crippen molar-refractivity contribution in [1.29, 1.82) is 0 Å². The van der Waals surface area contributed by atoms with Gasteiger partial charge in [-0.05, 0) is 18.6 Å². The summed E-state index contributed by atoms with van der Waals surface area (Å²) in [5.74, 6) is 0.760. The summed E-state index contributed by atoms with van der Waals surface area (Å²) in [6, 6.07) is 7.43. The predicted molar refractivity (Wildman–Crippen MR) is 83.6 cm³/mol. The minimum absolute atomic E-state index is 0.0550. The smallest absolute Gasteiger partial charge is 0.343 e. The highest BCUT2D eigenvalue weighted by molar-refractivity contribution is 6.32. The average molecular weight is 337 g/mol. The van der Waals surface area contributed by atoms with Crippen LogP contribution in [0.25, 0.3) is 0 Å². The first-order valence-corrected chi connectivity index (χ1v) is 7.70. The number of halogens is 1. The van der Waals surface area contributed by atoms with Crippen molar-refractivity contribution in [3.05, 3.63) is 46.8 Å². The largest absolute Gasteiger partial charge is 0.487 e. The molecule has 122 valence electrons. The van der Waals surface area contributed by atoms with Gasteiger partial charge >= 0.3 is 5.97 Å². The highest BCUT2D eigenvalue weighted by Gasteiger charge is 2.27. The Morgan fingerprint density at radius 3 is 3.09 bits per heavy atom. The van der Waals surface area contributed by atoms with Gasteiger partial charge in [-0.2, -0.15) is 0 Å². The summed E-state index contributed by atoms with van der Waals surface area (Å²) < 4.78 is 15.8. The van der Waals surface area contributed by atoms with E-state index in [0.717, 1.165) is 19.5 Å². The zero-order chi connectivity index (χ0) is 16.2. The molecule has 1 fully saturated rings. The SMILES string of the molecule is COC(=O)c1cnoc1CN1CC[C@H](Oc2ccccc2Cl)C1. The van der Waals surface area contributed by atoms with E-state index in [1.807, 2.05) is 18.2 Å². The molecule has 0 N–H and O–H groups in total. The third-order valence-corrected chi connectivity index (χ3v) is 4.09. The fraction of sp³-hybridized carbons (Fsp3) is 0.375. The molecule has 0 spiro atoms. The molecule has 1 aromatic heterocycles. The maximum Gasteiger partial charge on any atom is 0.343 e. The van der Waals surface area contributed by atoms with E-state index in [1.165, 1.54) is 13.3 Å². The monoisotopic (exact) mass is 336 g/mol. The fourth-order valence-electron chi connectivity index (χ4n) is 2.61. The molecule has 23 heavy (non-hydrogen) atoms. The van der Waals surface area contributed by atoms with Gasteiger partial charge in [-0.25, -0.2) is 4.79 Å². The van der Waals surface area contributed by atoms with Crippen LogP contribution in [0.15, 0.2) is 35.0 Å². The van der Waals surface area contributed by atoms with Crippen molar-refractivity contribution in [3.8, 4) is 5.75 Å². The summed E-state index contributed by atoms with van der Waals surface area (Å²) >= 11 is 6.11.